The van der Waals surface area contributed by atoms with Crippen molar-refractivity contribution in [3.63, 3.8) is 0 Å². The molecule has 2 heteroatoms. The number of rotatable bonds is 2. The summed E-state index contributed by atoms with van der Waals surface area (Å²) in [7, 11) is 0. The van der Waals surface area contributed by atoms with Crippen molar-refractivity contribution in [2.24, 2.45) is 5.90 Å². The average molecular weight is 161 g/mol. The first-order chi connectivity index (χ1) is 5.77. The van der Waals surface area contributed by atoms with E-state index in [1.54, 1.807) is 0 Å². The van der Waals surface area contributed by atoms with Gasteiger partial charge in [-0.2, -0.15) is 0 Å². The number of hydrogen-bond acceptors (Lipinski definition) is 2. The Morgan fingerprint density at radius 3 is 2.42 bits per heavy atom. The van der Waals surface area contributed by atoms with E-state index in [4.69, 9.17) is 12.3 Å². The smallest absolute Gasteiger partial charge is 0.101 e. The van der Waals surface area contributed by atoms with E-state index in [1.165, 1.54) is 0 Å². The summed E-state index contributed by atoms with van der Waals surface area (Å²) >= 11 is 0. The van der Waals surface area contributed by atoms with Crippen molar-refractivity contribution in [1.82, 2.24) is 0 Å². The van der Waals surface area contributed by atoms with Crippen LogP contribution in [0.4, 0.5) is 0 Å². The molecule has 2 N–H and O–H groups in total. The van der Waals surface area contributed by atoms with Gasteiger partial charge >= 0.3 is 0 Å². The first kappa shape index (κ1) is 8.79. The number of hydrogen-bond donors (Lipinski definition) is 1. The molecule has 0 aromatic heterocycles. The normalized spacial score (nSPS) is 12.1. The lowest BCUT2D eigenvalue weighted by Gasteiger charge is -2.07. The van der Waals surface area contributed by atoms with E-state index in [2.05, 4.69) is 10.8 Å². The predicted octanol–water partition coefficient (Wildman–Crippen LogP) is 1.62. The molecule has 0 aliphatic heterocycles. The van der Waals surface area contributed by atoms with Gasteiger partial charge in [-0.15, -0.1) is 6.42 Å². The summed E-state index contributed by atoms with van der Waals surface area (Å²) in [5.41, 5.74) is 1.89. The van der Waals surface area contributed by atoms with Crippen LogP contribution in [0, 0.1) is 12.3 Å². The Morgan fingerprint density at radius 2 is 2.00 bits per heavy atom. The third-order valence-electron chi connectivity index (χ3n) is 1.75. The van der Waals surface area contributed by atoms with Gasteiger partial charge in [-0.05, 0) is 24.6 Å². The summed E-state index contributed by atoms with van der Waals surface area (Å²) < 4.78 is 0. The third kappa shape index (κ3) is 1.85. The van der Waals surface area contributed by atoms with E-state index in [9.17, 15) is 0 Å². The van der Waals surface area contributed by atoms with Crippen molar-refractivity contribution in [3.8, 4) is 12.3 Å². The predicted molar refractivity (Wildman–Crippen MR) is 48.1 cm³/mol. The molecule has 12 heavy (non-hydrogen) atoms. The van der Waals surface area contributed by atoms with Gasteiger partial charge in [0.1, 0.15) is 6.10 Å². The van der Waals surface area contributed by atoms with Crippen LogP contribution in [0.3, 0.4) is 0 Å². The molecule has 0 fully saturated rings. The van der Waals surface area contributed by atoms with E-state index < -0.39 is 0 Å². The van der Waals surface area contributed by atoms with E-state index in [0.717, 1.165) is 11.1 Å². The largest absolute Gasteiger partial charge is 0.297 e. The van der Waals surface area contributed by atoms with Crippen molar-refractivity contribution < 1.29 is 4.84 Å². The second-order valence-corrected chi connectivity index (χ2v) is 2.54. The Balaban J connectivity index is 2.86. The van der Waals surface area contributed by atoms with Crippen molar-refractivity contribution in [2.45, 2.75) is 13.0 Å². The zero-order chi connectivity index (χ0) is 8.97. The molecule has 62 valence electrons. The van der Waals surface area contributed by atoms with Crippen LogP contribution in [0.1, 0.15) is 24.2 Å². The molecule has 0 bridgehead atoms. The number of terminal acetylenes is 1. The highest BCUT2D eigenvalue weighted by atomic mass is 16.6. The molecule has 0 spiro atoms. The van der Waals surface area contributed by atoms with Gasteiger partial charge in [0.05, 0.1) is 0 Å². The SMILES string of the molecule is C#Cc1ccc(C(C)ON)cc1. The summed E-state index contributed by atoms with van der Waals surface area (Å²) in [6.45, 7) is 1.88. The van der Waals surface area contributed by atoms with Gasteiger partial charge in [-0.25, -0.2) is 5.90 Å². The van der Waals surface area contributed by atoms with Crippen molar-refractivity contribution in [3.05, 3.63) is 35.4 Å². The monoisotopic (exact) mass is 161 g/mol. The van der Waals surface area contributed by atoms with Gasteiger partial charge in [0, 0.05) is 5.56 Å². The van der Waals surface area contributed by atoms with Gasteiger partial charge in [-0.3, -0.25) is 4.84 Å². The Hall–Kier alpha value is -1.30. The van der Waals surface area contributed by atoms with Crippen LogP contribution in [0.15, 0.2) is 24.3 Å². The van der Waals surface area contributed by atoms with Gasteiger partial charge in [0.2, 0.25) is 0 Å². The molecular formula is C10H11NO. The first-order valence-electron chi connectivity index (χ1n) is 3.70. The Labute approximate surface area is 72.3 Å². The van der Waals surface area contributed by atoms with Crippen molar-refractivity contribution in [1.29, 1.82) is 0 Å². The van der Waals surface area contributed by atoms with Crippen molar-refractivity contribution >= 4 is 0 Å². The fourth-order valence-corrected chi connectivity index (χ4v) is 0.929. The Bertz CT molecular complexity index is 284. The highest BCUT2D eigenvalue weighted by Gasteiger charge is 2.02. The van der Waals surface area contributed by atoms with Gasteiger partial charge in [0.25, 0.3) is 0 Å². The molecule has 1 atom stereocenters. The highest BCUT2D eigenvalue weighted by Crippen LogP contribution is 2.14. The maximum Gasteiger partial charge on any atom is 0.101 e. The average Bonchev–Trinajstić information content (AvgIpc) is 2.17. The third-order valence-corrected chi connectivity index (χ3v) is 1.75. The second kappa shape index (κ2) is 3.91. The van der Waals surface area contributed by atoms with Crippen LogP contribution >= 0.6 is 0 Å². The highest BCUT2D eigenvalue weighted by molar-refractivity contribution is 5.34. The molecule has 1 aromatic rings. The summed E-state index contributed by atoms with van der Waals surface area (Å²) in [6.07, 6.45) is 5.12. The standard InChI is InChI=1S/C10H11NO/c1-3-9-4-6-10(7-5-9)8(2)12-11/h1,4-8H,11H2,2H3. The summed E-state index contributed by atoms with van der Waals surface area (Å²) in [5.74, 6) is 7.57. The van der Waals surface area contributed by atoms with Gasteiger partial charge in [-0.1, -0.05) is 18.1 Å². The minimum absolute atomic E-state index is 0.0863. The van der Waals surface area contributed by atoms with Crippen molar-refractivity contribution in [2.75, 3.05) is 0 Å². The van der Waals surface area contributed by atoms with Crippen LogP contribution in [-0.4, -0.2) is 0 Å². The molecule has 2 nitrogen and oxygen atoms in total. The Kier molecular flexibility index (Phi) is 2.87. The van der Waals surface area contributed by atoms with E-state index >= 15 is 0 Å². The lowest BCUT2D eigenvalue weighted by molar-refractivity contribution is 0.0664. The molecule has 0 aliphatic rings. The molecule has 0 saturated heterocycles. The molecule has 1 unspecified atom stereocenters. The van der Waals surface area contributed by atoms with Crippen LogP contribution in [-0.2, 0) is 4.84 Å². The molecule has 0 aliphatic carbocycles. The van der Waals surface area contributed by atoms with E-state index in [-0.39, 0.29) is 6.10 Å². The molecule has 1 aromatic carbocycles. The fraction of sp³-hybridized carbons (Fsp3) is 0.200. The van der Waals surface area contributed by atoms with Crippen LogP contribution < -0.4 is 5.90 Å². The van der Waals surface area contributed by atoms with E-state index in [1.807, 2.05) is 31.2 Å². The zero-order valence-corrected chi connectivity index (χ0v) is 6.95. The maximum absolute atomic E-state index is 5.20. The zero-order valence-electron chi connectivity index (χ0n) is 6.95. The quantitative estimate of drug-likeness (QED) is 0.528. The Morgan fingerprint density at radius 1 is 1.42 bits per heavy atom. The molecule has 0 amide bonds. The molecule has 0 heterocycles. The lowest BCUT2D eigenvalue weighted by atomic mass is 10.1. The maximum atomic E-state index is 5.20. The number of benzene rings is 1. The van der Waals surface area contributed by atoms with Crippen LogP contribution in [0.25, 0.3) is 0 Å². The minimum atomic E-state index is -0.0863. The minimum Gasteiger partial charge on any atom is -0.297 e. The molecular weight excluding hydrogens is 150 g/mol. The van der Waals surface area contributed by atoms with Gasteiger partial charge < -0.3 is 0 Å². The van der Waals surface area contributed by atoms with Crippen LogP contribution in [0.5, 0.6) is 0 Å². The summed E-state index contributed by atoms with van der Waals surface area (Å²) in [5, 5.41) is 0. The van der Waals surface area contributed by atoms with Crippen LogP contribution in [0.2, 0.25) is 0 Å². The molecule has 0 saturated carbocycles. The fourth-order valence-electron chi connectivity index (χ4n) is 0.929. The topological polar surface area (TPSA) is 35.2 Å². The van der Waals surface area contributed by atoms with E-state index in [0.29, 0.717) is 0 Å². The molecule has 1 rings (SSSR count). The molecule has 0 radical (unpaired) electrons. The summed E-state index contributed by atoms with van der Waals surface area (Å²) in [4.78, 5) is 4.66. The number of nitrogens with two attached hydrogens (primary N) is 1. The first-order valence-corrected chi connectivity index (χ1v) is 3.70. The second-order valence-electron chi connectivity index (χ2n) is 2.54. The lowest BCUT2D eigenvalue weighted by Crippen LogP contribution is -2.04. The summed E-state index contributed by atoms with van der Waals surface area (Å²) in [6, 6.07) is 7.55. The van der Waals surface area contributed by atoms with Gasteiger partial charge in [0.15, 0.2) is 0 Å².